The molecule has 0 saturated carbocycles. The first kappa shape index (κ1) is 10.1. The molecule has 0 aromatic carbocycles. The minimum atomic E-state index is 0.621. The molecule has 1 atom stereocenters. The van der Waals surface area contributed by atoms with Crippen LogP contribution in [0.2, 0.25) is 0 Å². The summed E-state index contributed by atoms with van der Waals surface area (Å²) in [7, 11) is 0. The Bertz CT molecular complexity index is 281. The van der Waals surface area contributed by atoms with Gasteiger partial charge in [0.05, 0.1) is 5.69 Å². The Morgan fingerprint density at radius 1 is 1.64 bits per heavy atom. The number of nitrogens with zero attached hydrogens (tertiary/aromatic N) is 1. The van der Waals surface area contributed by atoms with Crippen molar-refractivity contribution in [3.8, 4) is 0 Å². The predicted octanol–water partition coefficient (Wildman–Crippen LogP) is 1.79. The molecule has 0 spiro atoms. The average Bonchev–Trinajstić information content (AvgIpc) is 2.85. The lowest BCUT2D eigenvalue weighted by Crippen LogP contribution is -2.01. The molecule has 1 fully saturated rings. The summed E-state index contributed by atoms with van der Waals surface area (Å²) >= 11 is 2.00. The number of nitrogens with two attached hydrogens (primary N) is 1. The van der Waals surface area contributed by atoms with E-state index in [2.05, 4.69) is 4.98 Å². The van der Waals surface area contributed by atoms with Crippen molar-refractivity contribution in [1.29, 1.82) is 0 Å². The van der Waals surface area contributed by atoms with Gasteiger partial charge in [0.2, 0.25) is 0 Å². The van der Waals surface area contributed by atoms with Gasteiger partial charge in [0.25, 0.3) is 0 Å². The van der Waals surface area contributed by atoms with Crippen LogP contribution in [0.25, 0.3) is 0 Å². The molecule has 0 aliphatic carbocycles. The van der Waals surface area contributed by atoms with Crippen molar-refractivity contribution in [3.05, 3.63) is 17.8 Å². The molecule has 1 aromatic rings. The summed E-state index contributed by atoms with van der Waals surface area (Å²) in [6.45, 7) is 0.705. The fourth-order valence-electron chi connectivity index (χ4n) is 1.65. The molecule has 1 aromatic heterocycles. The van der Waals surface area contributed by atoms with E-state index in [1.165, 1.54) is 17.9 Å². The van der Waals surface area contributed by atoms with Gasteiger partial charge >= 0.3 is 0 Å². The summed E-state index contributed by atoms with van der Waals surface area (Å²) < 4.78 is 5.40. The van der Waals surface area contributed by atoms with E-state index in [-0.39, 0.29) is 0 Å². The minimum absolute atomic E-state index is 0.621. The van der Waals surface area contributed by atoms with Crippen molar-refractivity contribution in [2.75, 3.05) is 18.1 Å². The highest BCUT2D eigenvalue weighted by atomic mass is 32.2. The zero-order chi connectivity index (χ0) is 9.80. The Balaban J connectivity index is 1.94. The minimum Gasteiger partial charge on any atom is -0.449 e. The zero-order valence-corrected chi connectivity index (χ0v) is 9.05. The van der Waals surface area contributed by atoms with Crippen LogP contribution in [0.3, 0.4) is 0 Å². The van der Waals surface area contributed by atoms with Crippen LogP contribution < -0.4 is 5.73 Å². The Kier molecular flexibility index (Phi) is 3.48. The Hall–Kier alpha value is -0.480. The lowest BCUT2D eigenvalue weighted by atomic mass is 10.1. The van der Waals surface area contributed by atoms with Crippen molar-refractivity contribution < 1.29 is 4.42 Å². The highest BCUT2D eigenvalue weighted by Crippen LogP contribution is 2.31. The number of hydrogen-bond acceptors (Lipinski definition) is 4. The molecule has 1 saturated heterocycles. The van der Waals surface area contributed by atoms with Gasteiger partial charge in [-0.15, -0.1) is 0 Å². The third-order valence-corrected chi connectivity index (χ3v) is 3.67. The molecule has 2 heterocycles. The number of thioether (sulfide) groups is 1. The summed E-state index contributed by atoms with van der Waals surface area (Å²) in [6.07, 6.45) is 4.89. The van der Waals surface area contributed by atoms with E-state index in [0.29, 0.717) is 12.5 Å². The highest BCUT2D eigenvalue weighted by molar-refractivity contribution is 7.99. The van der Waals surface area contributed by atoms with Crippen LogP contribution in [0.5, 0.6) is 0 Å². The van der Waals surface area contributed by atoms with E-state index in [1.54, 1.807) is 0 Å². The fourth-order valence-corrected chi connectivity index (χ4v) is 2.89. The third kappa shape index (κ3) is 2.30. The SMILES string of the molecule is NCCCc1nc(C2CCSC2)co1. The monoisotopic (exact) mass is 212 g/mol. The molecule has 1 aliphatic rings. The van der Waals surface area contributed by atoms with Gasteiger partial charge in [-0.1, -0.05) is 0 Å². The average molecular weight is 212 g/mol. The molecule has 0 radical (unpaired) electrons. The highest BCUT2D eigenvalue weighted by Gasteiger charge is 2.20. The van der Waals surface area contributed by atoms with Gasteiger partial charge in [0.15, 0.2) is 5.89 Å². The number of hydrogen-bond donors (Lipinski definition) is 1. The fraction of sp³-hybridized carbons (Fsp3) is 0.700. The van der Waals surface area contributed by atoms with Gasteiger partial charge in [0.1, 0.15) is 6.26 Å². The van der Waals surface area contributed by atoms with Crippen molar-refractivity contribution in [3.63, 3.8) is 0 Å². The van der Waals surface area contributed by atoms with Crippen molar-refractivity contribution in [2.45, 2.75) is 25.2 Å². The summed E-state index contributed by atoms with van der Waals surface area (Å²) in [5.74, 6) is 3.93. The van der Waals surface area contributed by atoms with Crippen molar-refractivity contribution in [1.82, 2.24) is 4.98 Å². The van der Waals surface area contributed by atoms with E-state index in [0.717, 1.165) is 24.4 Å². The Morgan fingerprint density at radius 3 is 3.29 bits per heavy atom. The van der Waals surface area contributed by atoms with Gasteiger partial charge in [0, 0.05) is 18.1 Å². The first-order valence-electron chi connectivity index (χ1n) is 5.12. The van der Waals surface area contributed by atoms with Crippen LogP contribution in [0.15, 0.2) is 10.7 Å². The molecule has 14 heavy (non-hydrogen) atoms. The molecule has 2 rings (SSSR count). The van der Waals surface area contributed by atoms with E-state index < -0.39 is 0 Å². The molecule has 3 nitrogen and oxygen atoms in total. The molecule has 0 bridgehead atoms. The summed E-state index contributed by atoms with van der Waals surface area (Å²) in [6, 6.07) is 0. The summed E-state index contributed by atoms with van der Waals surface area (Å²) in [5.41, 5.74) is 6.57. The van der Waals surface area contributed by atoms with Crippen LogP contribution in [-0.4, -0.2) is 23.0 Å². The maximum Gasteiger partial charge on any atom is 0.194 e. The van der Waals surface area contributed by atoms with Crippen molar-refractivity contribution >= 4 is 11.8 Å². The molecule has 1 unspecified atom stereocenters. The molecule has 4 heteroatoms. The standard InChI is InChI=1S/C10H16N2OS/c11-4-1-2-10-12-9(6-13-10)8-3-5-14-7-8/h6,8H,1-5,7,11H2. The lowest BCUT2D eigenvalue weighted by molar-refractivity contribution is 0.487. The number of aromatic nitrogens is 1. The van der Waals surface area contributed by atoms with Crippen LogP contribution in [0, 0.1) is 0 Å². The molecule has 0 amide bonds. The maximum absolute atomic E-state index is 5.43. The second kappa shape index (κ2) is 4.84. The topological polar surface area (TPSA) is 52.0 Å². The van der Waals surface area contributed by atoms with Crippen molar-refractivity contribution in [2.24, 2.45) is 5.73 Å². The van der Waals surface area contributed by atoms with E-state index in [1.807, 2.05) is 18.0 Å². The summed E-state index contributed by atoms with van der Waals surface area (Å²) in [5, 5.41) is 0. The van der Waals surface area contributed by atoms with Gasteiger partial charge in [-0.2, -0.15) is 11.8 Å². The van der Waals surface area contributed by atoms with Crippen LogP contribution in [0.1, 0.15) is 30.3 Å². The number of aryl methyl sites for hydroxylation is 1. The normalized spacial score (nSPS) is 21.6. The molecular formula is C10H16N2OS. The smallest absolute Gasteiger partial charge is 0.194 e. The quantitative estimate of drug-likeness (QED) is 0.826. The first-order valence-corrected chi connectivity index (χ1v) is 6.27. The maximum atomic E-state index is 5.43. The van der Waals surface area contributed by atoms with E-state index in [9.17, 15) is 0 Å². The largest absolute Gasteiger partial charge is 0.449 e. The molecule has 2 N–H and O–H groups in total. The Morgan fingerprint density at radius 2 is 2.57 bits per heavy atom. The molecular weight excluding hydrogens is 196 g/mol. The molecule has 78 valence electrons. The summed E-state index contributed by atoms with van der Waals surface area (Å²) in [4.78, 5) is 4.49. The van der Waals surface area contributed by atoms with Gasteiger partial charge < -0.3 is 10.2 Å². The van der Waals surface area contributed by atoms with Gasteiger partial charge in [-0.05, 0) is 25.1 Å². The Labute approximate surface area is 88.5 Å². The number of oxazole rings is 1. The first-order chi connectivity index (χ1) is 6.90. The second-order valence-electron chi connectivity index (χ2n) is 3.62. The van der Waals surface area contributed by atoms with Gasteiger partial charge in [-0.3, -0.25) is 0 Å². The van der Waals surface area contributed by atoms with E-state index >= 15 is 0 Å². The lowest BCUT2D eigenvalue weighted by Gasteiger charge is -2.00. The van der Waals surface area contributed by atoms with E-state index in [4.69, 9.17) is 10.2 Å². The number of rotatable bonds is 4. The predicted molar refractivity (Wildman–Crippen MR) is 58.6 cm³/mol. The van der Waals surface area contributed by atoms with Gasteiger partial charge in [-0.25, -0.2) is 4.98 Å². The zero-order valence-electron chi connectivity index (χ0n) is 8.24. The van der Waals surface area contributed by atoms with Crippen LogP contribution in [-0.2, 0) is 6.42 Å². The van der Waals surface area contributed by atoms with Crippen LogP contribution in [0.4, 0.5) is 0 Å². The van der Waals surface area contributed by atoms with Crippen LogP contribution >= 0.6 is 11.8 Å². The third-order valence-electron chi connectivity index (χ3n) is 2.51. The second-order valence-corrected chi connectivity index (χ2v) is 4.77. The molecule has 1 aliphatic heterocycles.